The molecule has 0 aliphatic rings. The molecule has 0 saturated carbocycles. The van der Waals surface area contributed by atoms with Crippen LogP contribution in [-0.2, 0) is 6.54 Å². The first-order valence-corrected chi connectivity index (χ1v) is 5.17. The summed E-state index contributed by atoms with van der Waals surface area (Å²) in [5.41, 5.74) is 0.573. The zero-order valence-corrected chi connectivity index (χ0v) is 9.76. The summed E-state index contributed by atoms with van der Waals surface area (Å²) in [6.07, 6.45) is 1.36. The predicted octanol–water partition coefficient (Wildman–Crippen LogP) is 1.94. The van der Waals surface area contributed by atoms with E-state index in [4.69, 9.17) is 23.2 Å². The van der Waals surface area contributed by atoms with Gasteiger partial charge in [-0.25, -0.2) is 0 Å². The predicted molar refractivity (Wildman–Crippen MR) is 60.0 cm³/mol. The van der Waals surface area contributed by atoms with Crippen molar-refractivity contribution in [1.29, 1.82) is 0 Å². The molecular weight excluding hydrogens is 269 g/mol. The van der Waals surface area contributed by atoms with Gasteiger partial charge in [0.2, 0.25) is 0 Å². The highest BCUT2D eigenvalue weighted by Crippen LogP contribution is 2.21. The molecule has 0 fully saturated rings. The Balaban J connectivity index is 2.22. The van der Waals surface area contributed by atoms with E-state index in [1.54, 1.807) is 12.1 Å². The Bertz CT molecular complexity index is 554. The fourth-order valence-electron chi connectivity index (χ4n) is 1.19. The third kappa shape index (κ3) is 2.69. The van der Waals surface area contributed by atoms with E-state index in [0.29, 0.717) is 5.69 Å². The van der Waals surface area contributed by atoms with Crippen LogP contribution in [0.5, 0.6) is 0 Å². The quantitative estimate of drug-likeness (QED) is 0.630. The molecule has 2 aromatic heterocycles. The van der Waals surface area contributed by atoms with Crippen LogP contribution in [0.4, 0.5) is 5.82 Å². The molecule has 7 nitrogen and oxygen atoms in total. The molecule has 0 atom stereocenters. The molecule has 0 saturated heterocycles. The minimum Gasteiger partial charge on any atom is -0.358 e. The van der Waals surface area contributed by atoms with Gasteiger partial charge in [-0.05, 0) is 17.1 Å². The van der Waals surface area contributed by atoms with E-state index in [1.165, 1.54) is 10.9 Å². The van der Waals surface area contributed by atoms with E-state index in [2.05, 4.69) is 15.3 Å². The van der Waals surface area contributed by atoms with Gasteiger partial charge in [-0.2, -0.15) is 9.78 Å². The molecule has 0 unspecified atom stereocenters. The summed E-state index contributed by atoms with van der Waals surface area (Å²) in [7, 11) is 0. The molecule has 9 heteroatoms. The van der Waals surface area contributed by atoms with Crippen molar-refractivity contribution in [3.63, 3.8) is 0 Å². The van der Waals surface area contributed by atoms with Crippen LogP contribution in [0.1, 0.15) is 5.69 Å². The van der Waals surface area contributed by atoms with E-state index in [1.807, 2.05) is 0 Å². The van der Waals surface area contributed by atoms with Crippen LogP contribution < -0.4 is 0 Å². The van der Waals surface area contributed by atoms with Crippen molar-refractivity contribution in [2.24, 2.45) is 0 Å². The monoisotopic (exact) mass is 273 g/mol. The van der Waals surface area contributed by atoms with Gasteiger partial charge in [0.15, 0.2) is 10.2 Å². The Labute approximate surface area is 105 Å². The average Bonchev–Trinajstić information content (AvgIpc) is 2.63. The van der Waals surface area contributed by atoms with E-state index in [0.717, 1.165) is 0 Å². The number of nitro groups is 1. The number of hydrogen-bond acceptors (Lipinski definition) is 5. The fraction of sp³-hybridized carbons (Fsp3) is 0.125. The number of halogens is 2. The van der Waals surface area contributed by atoms with Crippen LogP contribution in [0.2, 0.25) is 10.2 Å². The van der Waals surface area contributed by atoms with E-state index in [-0.39, 0.29) is 22.5 Å². The summed E-state index contributed by atoms with van der Waals surface area (Å²) < 4.78 is 1.32. The minimum absolute atomic E-state index is 0.0167. The average molecular weight is 274 g/mol. The Hall–Kier alpha value is -1.73. The Morgan fingerprint density at radius 2 is 2.12 bits per heavy atom. The highest BCUT2D eigenvalue weighted by molar-refractivity contribution is 6.32. The maximum absolute atomic E-state index is 10.5. The van der Waals surface area contributed by atoms with Gasteiger partial charge in [0.1, 0.15) is 6.54 Å². The third-order valence-corrected chi connectivity index (χ3v) is 2.35. The van der Waals surface area contributed by atoms with Gasteiger partial charge in [-0.1, -0.05) is 23.2 Å². The summed E-state index contributed by atoms with van der Waals surface area (Å²) in [6, 6.07) is 3.22. The van der Waals surface area contributed by atoms with E-state index < -0.39 is 4.92 Å². The molecule has 0 amide bonds. The summed E-state index contributed by atoms with van der Waals surface area (Å²) >= 11 is 11.2. The van der Waals surface area contributed by atoms with Gasteiger partial charge in [-0.3, -0.25) is 0 Å². The second kappa shape index (κ2) is 4.64. The zero-order chi connectivity index (χ0) is 12.4. The van der Waals surface area contributed by atoms with Crippen LogP contribution in [-0.4, -0.2) is 24.9 Å². The van der Waals surface area contributed by atoms with Crippen molar-refractivity contribution in [2.45, 2.75) is 6.54 Å². The van der Waals surface area contributed by atoms with E-state index in [9.17, 15) is 10.1 Å². The Morgan fingerprint density at radius 3 is 2.65 bits per heavy atom. The highest BCUT2D eigenvalue weighted by atomic mass is 35.5. The summed E-state index contributed by atoms with van der Waals surface area (Å²) in [5.74, 6) is -0.381. The fourth-order valence-corrected chi connectivity index (χ4v) is 1.51. The lowest BCUT2D eigenvalue weighted by atomic mass is 10.4. The second-order valence-corrected chi connectivity index (χ2v) is 3.90. The van der Waals surface area contributed by atoms with Gasteiger partial charge < -0.3 is 10.1 Å². The van der Waals surface area contributed by atoms with Gasteiger partial charge in [-0.15, -0.1) is 5.10 Å². The van der Waals surface area contributed by atoms with E-state index >= 15 is 0 Å². The first-order valence-electron chi connectivity index (χ1n) is 4.41. The van der Waals surface area contributed by atoms with Crippen LogP contribution in [0.15, 0.2) is 18.3 Å². The van der Waals surface area contributed by atoms with Gasteiger partial charge >= 0.3 is 5.82 Å². The molecule has 0 aliphatic carbocycles. The lowest BCUT2D eigenvalue weighted by Gasteiger charge is -1.95. The Kier molecular flexibility index (Phi) is 3.21. The highest BCUT2D eigenvalue weighted by Gasteiger charge is 2.19. The maximum Gasteiger partial charge on any atom is 0.408 e. The first kappa shape index (κ1) is 11.7. The molecule has 88 valence electrons. The molecule has 17 heavy (non-hydrogen) atoms. The summed E-state index contributed by atoms with van der Waals surface area (Å²) in [6.45, 7) is 0.234. The molecule has 2 rings (SSSR count). The smallest absolute Gasteiger partial charge is 0.358 e. The number of hydrogen-bond donors (Lipinski definition) is 0. The molecule has 0 aliphatic heterocycles. The lowest BCUT2D eigenvalue weighted by Crippen LogP contribution is -2.03. The normalized spacial score (nSPS) is 10.5. The van der Waals surface area contributed by atoms with Gasteiger partial charge in [0, 0.05) is 0 Å². The largest absolute Gasteiger partial charge is 0.408 e. The molecule has 0 N–H and O–H groups in total. The van der Waals surface area contributed by atoms with Crippen LogP contribution in [0, 0.1) is 10.1 Å². The summed E-state index contributed by atoms with van der Waals surface area (Å²) in [4.78, 5) is 9.89. The third-order valence-electron chi connectivity index (χ3n) is 1.88. The zero-order valence-electron chi connectivity index (χ0n) is 8.25. The van der Waals surface area contributed by atoms with Crippen molar-refractivity contribution in [3.05, 3.63) is 44.3 Å². The van der Waals surface area contributed by atoms with Crippen LogP contribution in [0.25, 0.3) is 0 Å². The SMILES string of the molecule is O=[N+]([O-])c1nn(Cc2ccc(Cl)nn2)cc1Cl. The molecule has 2 heterocycles. The standard InChI is InChI=1S/C8H5Cl2N5O2/c9-6-4-14(13-8(6)15(16)17)3-5-1-2-7(10)12-11-5/h1-2,4H,3H2. The van der Waals surface area contributed by atoms with Crippen molar-refractivity contribution >= 4 is 29.0 Å². The number of aromatic nitrogens is 4. The van der Waals surface area contributed by atoms with Gasteiger partial charge in [0.05, 0.1) is 17.0 Å². The molecular formula is C8H5Cl2N5O2. The minimum atomic E-state index is -0.646. The molecule has 0 spiro atoms. The van der Waals surface area contributed by atoms with Crippen LogP contribution in [0.3, 0.4) is 0 Å². The molecule has 0 radical (unpaired) electrons. The molecule has 0 bridgehead atoms. The second-order valence-electron chi connectivity index (χ2n) is 3.10. The van der Waals surface area contributed by atoms with Crippen molar-refractivity contribution in [1.82, 2.24) is 20.0 Å². The number of nitrogens with zero attached hydrogens (tertiary/aromatic N) is 5. The van der Waals surface area contributed by atoms with Crippen molar-refractivity contribution in [2.75, 3.05) is 0 Å². The first-order chi connectivity index (χ1) is 8.06. The van der Waals surface area contributed by atoms with Crippen molar-refractivity contribution in [3.8, 4) is 0 Å². The lowest BCUT2D eigenvalue weighted by molar-refractivity contribution is -0.389. The van der Waals surface area contributed by atoms with Crippen LogP contribution >= 0.6 is 23.2 Å². The topological polar surface area (TPSA) is 86.7 Å². The van der Waals surface area contributed by atoms with Gasteiger partial charge in [0.25, 0.3) is 0 Å². The van der Waals surface area contributed by atoms with Crippen molar-refractivity contribution < 1.29 is 4.92 Å². The molecule has 2 aromatic rings. The maximum atomic E-state index is 10.5. The Morgan fingerprint density at radius 1 is 1.35 bits per heavy atom. The summed E-state index contributed by atoms with van der Waals surface area (Å²) in [5, 5.41) is 22.0. The molecule has 0 aromatic carbocycles. The number of rotatable bonds is 3.